The van der Waals surface area contributed by atoms with Gasteiger partial charge >= 0.3 is 12.1 Å². The average molecular weight is 718 g/mol. The van der Waals surface area contributed by atoms with Crippen molar-refractivity contribution in [3.8, 4) is 11.1 Å². The number of fused-ring (bicyclic) bond motifs is 4. The molecule has 0 spiro atoms. The van der Waals surface area contributed by atoms with Crippen molar-refractivity contribution in [2.24, 2.45) is 0 Å². The highest BCUT2D eigenvalue weighted by atomic mass is 19.4. The lowest BCUT2D eigenvalue weighted by Gasteiger charge is -2.34. The summed E-state index contributed by atoms with van der Waals surface area (Å²) >= 11 is 0. The second-order valence-electron chi connectivity index (χ2n) is 14.2. The summed E-state index contributed by atoms with van der Waals surface area (Å²) in [5.74, 6) is -3.35. The van der Waals surface area contributed by atoms with Crippen molar-refractivity contribution in [2.45, 2.75) is 101 Å². The number of benzene rings is 2. The molecule has 13 heteroatoms. The van der Waals surface area contributed by atoms with Crippen LogP contribution in [0.15, 0.2) is 41.3 Å². The molecular weight excluding hydrogens is 676 g/mol. The molecule has 2 atom stereocenters. The number of carbonyl (C=O) groups excluding carboxylic acids is 1. The number of nitrogens with zero attached hydrogens (tertiary/aromatic N) is 2. The average Bonchev–Trinajstić information content (AvgIpc) is 3.87. The minimum atomic E-state index is -4.86. The van der Waals surface area contributed by atoms with Gasteiger partial charge in [0.05, 0.1) is 18.0 Å². The van der Waals surface area contributed by atoms with Crippen molar-refractivity contribution in [2.75, 3.05) is 19.6 Å². The number of carboxylic acid groups (broad SMARTS) is 1. The molecule has 1 saturated heterocycles. The van der Waals surface area contributed by atoms with Crippen LogP contribution in [-0.4, -0.2) is 52.3 Å². The highest BCUT2D eigenvalue weighted by Gasteiger charge is 2.37. The van der Waals surface area contributed by atoms with E-state index in [9.17, 15) is 41.4 Å². The first kappa shape index (κ1) is 36.7. The number of alkyl halides is 4. The topological polar surface area (TPSA) is 91.6 Å². The maximum Gasteiger partial charge on any atom is 0.416 e. The molecule has 3 aromatic rings. The van der Waals surface area contributed by atoms with Crippen LogP contribution in [0.5, 0.6) is 0 Å². The molecule has 1 saturated carbocycles. The Morgan fingerprint density at radius 2 is 1.67 bits per heavy atom. The van der Waals surface area contributed by atoms with Gasteiger partial charge in [-0.25, -0.2) is 13.2 Å². The highest BCUT2D eigenvalue weighted by Crippen LogP contribution is 2.45. The first-order chi connectivity index (χ1) is 24.2. The Bertz CT molecular complexity index is 1870. The maximum atomic E-state index is 16.4. The number of aryl methyl sites for hydroxylation is 2. The minimum absolute atomic E-state index is 0.0339. The number of hydrogen-bond donors (Lipinski definition) is 2. The van der Waals surface area contributed by atoms with Crippen molar-refractivity contribution in [3.63, 3.8) is 0 Å². The number of pyridine rings is 1. The molecule has 2 bridgehead atoms. The Hall–Kier alpha value is -4.13. The van der Waals surface area contributed by atoms with Crippen LogP contribution in [0.2, 0.25) is 0 Å². The Morgan fingerprint density at radius 3 is 2.33 bits per heavy atom. The van der Waals surface area contributed by atoms with Crippen LogP contribution in [0.3, 0.4) is 0 Å². The first-order valence-corrected chi connectivity index (χ1v) is 17.5. The summed E-state index contributed by atoms with van der Waals surface area (Å²) in [6.45, 7) is 2.06. The van der Waals surface area contributed by atoms with Gasteiger partial charge in [0.25, 0.3) is 5.56 Å². The van der Waals surface area contributed by atoms with E-state index in [4.69, 9.17) is 0 Å². The van der Waals surface area contributed by atoms with E-state index in [2.05, 4.69) is 5.32 Å². The summed E-state index contributed by atoms with van der Waals surface area (Å²) in [4.78, 5) is 41.4. The summed E-state index contributed by atoms with van der Waals surface area (Å²) < 4.78 is 87.8. The van der Waals surface area contributed by atoms with Crippen LogP contribution in [0.4, 0.5) is 26.3 Å². The Kier molecular flexibility index (Phi) is 10.7. The van der Waals surface area contributed by atoms with Gasteiger partial charge in [0.15, 0.2) is 0 Å². The van der Waals surface area contributed by atoms with Crippen molar-refractivity contribution >= 4 is 11.9 Å². The van der Waals surface area contributed by atoms with Crippen LogP contribution in [0, 0.1) is 18.6 Å². The molecular formula is C38H41F6N3O4. The molecule has 3 aliphatic rings. The Morgan fingerprint density at radius 1 is 0.961 bits per heavy atom. The fourth-order valence-electron chi connectivity index (χ4n) is 7.53. The fourth-order valence-corrected chi connectivity index (χ4v) is 7.53. The van der Waals surface area contributed by atoms with Gasteiger partial charge in [-0.05, 0) is 109 Å². The zero-order valence-corrected chi connectivity index (χ0v) is 28.3. The maximum absolute atomic E-state index is 16.4. The molecule has 51 heavy (non-hydrogen) atoms. The third kappa shape index (κ3) is 8.34. The third-order valence-electron chi connectivity index (χ3n) is 10.3. The van der Waals surface area contributed by atoms with Gasteiger partial charge in [-0.3, -0.25) is 19.3 Å². The lowest BCUT2D eigenvalue weighted by atomic mass is 9.87. The Balaban J connectivity index is 1.43. The summed E-state index contributed by atoms with van der Waals surface area (Å²) in [7, 11) is 0. The van der Waals surface area contributed by atoms with Crippen molar-refractivity contribution in [3.05, 3.63) is 91.9 Å². The smallest absolute Gasteiger partial charge is 0.416 e. The van der Waals surface area contributed by atoms with Gasteiger partial charge in [-0.1, -0.05) is 19.3 Å². The molecule has 274 valence electrons. The molecule has 1 aromatic heterocycles. The summed E-state index contributed by atoms with van der Waals surface area (Å²) in [6.07, 6.45) is -1.47. The highest BCUT2D eigenvalue weighted by molar-refractivity contribution is 5.82. The molecule has 0 unspecified atom stereocenters. The molecule has 0 radical (unpaired) electrons. The van der Waals surface area contributed by atoms with E-state index < -0.39 is 65.5 Å². The number of aromatic nitrogens is 1. The summed E-state index contributed by atoms with van der Waals surface area (Å²) in [5, 5.41) is 12.6. The predicted octanol–water partition coefficient (Wildman–Crippen LogP) is 7.57. The molecule has 2 aromatic carbocycles. The number of carboxylic acids is 1. The van der Waals surface area contributed by atoms with E-state index in [1.807, 2.05) is 0 Å². The predicted molar refractivity (Wildman–Crippen MR) is 178 cm³/mol. The van der Waals surface area contributed by atoms with Crippen LogP contribution < -0.4 is 10.9 Å². The van der Waals surface area contributed by atoms with Crippen molar-refractivity contribution in [1.29, 1.82) is 0 Å². The third-order valence-corrected chi connectivity index (χ3v) is 10.3. The van der Waals surface area contributed by atoms with E-state index >= 15 is 4.39 Å². The number of hydrogen-bond acceptors (Lipinski definition) is 4. The van der Waals surface area contributed by atoms with Gasteiger partial charge in [0, 0.05) is 37.5 Å². The van der Waals surface area contributed by atoms with E-state index in [1.54, 1.807) is 17.9 Å². The van der Waals surface area contributed by atoms with Gasteiger partial charge in [-0.2, -0.15) is 13.2 Å². The SMILES string of the molecule is Cc1cc(F)cc2c1-c1cc(C3CC3)c(F)c(c1)[C@H](CC(=O)O)NC(=O)[C@@H](n1cc(CCN3CC(F)C3)c(C(F)(F)F)cc1=O)CCCCCC2. The van der Waals surface area contributed by atoms with Crippen LogP contribution in [0.1, 0.15) is 103 Å². The second-order valence-corrected chi connectivity index (χ2v) is 14.2. The fraction of sp³-hybridized carbons (Fsp3) is 0.500. The van der Waals surface area contributed by atoms with Crippen LogP contribution >= 0.6 is 0 Å². The first-order valence-electron chi connectivity index (χ1n) is 17.5. The zero-order chi connectivity index (χ0) is 36.6. The monoisotopic (exact) mass is 717 g/mol. The quantitative estimate of drug-likeness (QED) is 0.246. The van der Waals surface area contributed by atoms with Gasteiger partial charge < -0.3 is 15.0 Å². The standard InChI is InChI=1S/C38H41F6N3O4/c1-21-12-26(39)13-23-6-4-2-3-5-7-32(47-18-24(10-11-46-19-27(40)20-46)30(16-33(47)48)38(42,43)44)37(51)45-31(17-34(49)50)29-15-25(35(21)23)14-28(36(29)41)22-8-9-22/h12-16,18,22,27,31-32H,2-11,17,19-20H2,1H3,(H,45,51)(H,49,50)/t31-,32-/m0/s1. The van der Waals surface area contributed by atoms with Gasteiger partial charge in [0.2, 0.25) is 5.91 Å². The molecule has 1 aliphatic carbocycles. The number of likely N-dealkylation sites (tertiary alicyclic amines) is 1. The van der Waals surface area contributed by atoms with E-state index in [1.165, 1.54) is 18.2 Å². The molecule has 1 amide bonds. The van der Waals surface area contributed by atoms with E-state index in [-0.39, 0.29) is 49.5 Å². The molecule has 7 nitrogen and oxygen atoms in total. The number of nitrogens with one attached hydrogen (secondary N) is 1. The van der Waals surface area contributed by atoms with Gasteiger partial charge in [0.1, 0.15) is 23.8 Å². The molecule has 2 fully saturated rings. The van der Waals surface area contributed by atoms with Crippen molar-refractivity contribution < 1.29 is 41.0 Å². The summed E-state index contributed by atoms with van der Waals surface area (Å²) in [5.41, 5.74) is 0.499. The molecule has 2 aliphatic heterocycles. The number of carbonyl (C=O) groups is 2. The lowest BCUT2D eigenvalue weighted by Crippen LogP contribution is -2.49. The number of halogens is 6. The van der Waals surface area contributed by atoms with Gasteiger partial charge in [-0.15, -0.1) is 0 Å². The van der Waals surface area contributed by atoms with Crippen molar-refractivity contribution in [1.82, 2.24) is 14.8 Å². The van der Waals surface area contributed by atoms with E-state index in [0.717, 1.165) is 34.7 Å². The number of aliphatic carboxylic acids is 1. The minimum Gasteiger partial charge on any atom is -0.481 e. The number of rotatable bonds is 7. The normalized spacial score (nSPS) is 20.9. The largest absolute Gasteiger partial charge is 0.481 e. The number of amides is 1. The second kappa shape index (κ2) is 14.8. The Labute approximate surface area is 291 Å². The molecule has 2 N–H and O–H groups in total. The zero-order valence-electron chi connectivity index (χ0n) is 28.3. The summed E-state index contributed by atoms with van der Waals surface area (Å²) in [6, 6.07) is 3.80. The molecule has 6 rings (SSSR count). The van der Waals surface area contributed by atoms with Crippen LogP contribution in [-0.2, 0) is 28.6 Å². The lowest BCUT2D eigenvalue weighted by molar-refractivity contribution is -0.139. The molecule has 3 heterocycles. The van der Waals surface area contributed by atoms with Crippen LogP contribution in [0.25, 0.3) is 11.1 Å². The van der Waals surface area contributed by atoms with E-state index in [0.29, 0.717) is 54.9 Å².